The standard InChI is InChI=1S/C17H25ClN4O.HI/c1-12-7-8-15(14(18)11-12)22-16(23)9-10-20-17(19-2)21-13-5-3-4-6-13;/h7-8,11,13H,3-6,9-10H2,1-2H3,(H,22,23)(H2,19,20,21);1H. The van der Waals surface area contributed by atoms with Gasteiger partial charge in [0.25, 0.3) is 0 Å². The number of nitrogens with one attached hydrogen (secondary N) is 3. The van der Waals surface area contributed by atoms with Gasteiger partial charge in [0.2, 0.25) is 5.91 Å². The maximum absolute atomic E-state index is 12.0. The molecule has 0 saturated heterocycles. The number of rotatable bonds is 5. The number of aryl methyl sites for hydroxylation is 1. The van der Waals surface area contributed by atoms with E-state index in [2.05, 4.69) is 20.9 Å². The number of amides is 1. The number of guanidine groups is 1. The van der Waals surface area contributed by atoms with Gasteiger partial charge in [-0.3, -0.25) is 9.79 Å². The minimum absolute atomic E-state index is 0. The minimum atomic E-state index is -0.0698. The van der Waals surface area contributed by atoms with Gasteiger partial charge in [0.15, 0.2) is 5.96 Å². The van der Waals surface area contributed by atoms with Gasteiger partial charge in [0, 0.05) is 26.1 Å². The summed E-state index contributed by atoms with van der Waals surface area (Å²) in [7, 11) is 1.75. The monoisotopic (exact) mass is 464 g/mol. The van der Waals surface area contributed by atoms with Crippen LogP contribution in [0.3, 0.4) is 0 Å². The minimum Gasteiger partial charge on any atom is -0.356 e. The molecule has 1 fully saturated rings. The van der Waals surface area contributed by atoms with Gasteiger partial charge < -0.3 is 16.0 Å². The number of aliphatic imine (C=N–C) groups is 1. The average molecular weight is 465 g/mol. The molecule has 24 heavy (non-hydrogen) atoms. The molecule has 1 aliphatic carbocycles. The quantitative estimate of drug-likeness (QED) is 0.354. The van der Waals surface area contributed by atoms with Gasteiger partial charge in [-0.25, -0.2) is 0 Å². The zero-order valence-electron chi connectivity index (χ0n) is 14.2. The van der Waals surface area contributed by atoms with Crippen LogP contribution in [0.5, 0.6) is 0 Å². The summed E-state index contributed by atoms with van der Waals surface area (Å²) in [6, 6.07) is 6.08. The third-order valence-corrected chi connectivity index (χ3v) is 4.28. The van der Waals surface area contributed by atoms with Crippen LogP contribution in [0.1, 0.15) is 37.7 Å². The van der Waals surface area contributed by atoms with Gasteiger partial charge in [0.05, 0.1) is 10.7 Å². The number of nitrogens with zero attached hydrogens (tertiary/aromatic N) is 1. The number of anilines is 1. The smallest absolute Gasteiger partial charge is 0.226 e. The summed E-state index contributed by atoms with van der Waals surface area (Å²) in [5.74, 6) is 0.692. The van der Waals surface area contributed by atoms with E-state index in [9.17, 15) is 4.79 Å². The Labute approximate surface area is 166 Å². The van der Waals surface area contributed by atoms with Crippen LogP contribution in [0.25, 0.3) is 0 Å². The van der Waals surface area contributed by atoms with Crippen molar-refractivity contribution in [1.29, 1.82) is 0 Å². The van der Waals surface area contributed by atoms with Crippen LogP contribution in [0.2, 0.25) is 5.02 Å². The lowest BCUT2D eigenvalue weighted by Gasteiger charge is -2.16. The van der Waals surface area contributed by atoms with Gasteiger partial charge in [-0.1, -0.05) is 30.5 Å². The highest BCUT2D eigenvalue weighted by molar-refractivity contribution is 14.0. The van der Waals surface area contributed by atoms with Crippen molar-refractivity contribution < 1.29 is 4.79 Å². The number of hydrogen-bond acceptors (Lipinski definition) is 2. The van der Waals surface area contributed by atoms with Crippen molar-refractivity contribution in [3.05, 3.63) is 28.8 Å². The van der Waals surface area contributed by atoms with Crippen molar-refractivity contribution in [3.8, 4) is 0 Å². The first-order chi connectivity index (χ1) is 11.1. The highest BCUT2D eigenvalue weighted by Crippen LogP contribution is 2.22. The van der Waals surface area contributed by atoms with Crippen molar-refractivity contribution >= 4 is 53.1 Å². The van der Waals surface area contributed by atoms with Crippen LogP contribution in [0.4, 0.5) is 5.69 Å². The molecule has 0 bridgehead atoms. The zero-order valence-corrected chi connectivity index (χ0v) is 17.3. The Morgan fingerprint density at radius 3 is 2.67 bits per heavy atom. The van der Waals surface area contributed by atoms with Crippen LogP contribution in [0, 0.1) is 6.92 Å². The number of hydrogen-bond donors (Lipinski definition) is 3. The summed E-state index contributed by atoms with van der Waals surface area (Å²) in [5.41, 5.74) is 1.71. The molecule has 0 aromatic heterocycles. The van der Waals surface area contributed by atoms with E-state index in [1.54, 1.807) is 7.05 Å². The maximum Gasteiger partial charge on any atom is 0.226 e. The molecule has 1 amide bonds. The van der Waals surface area contributed by atoms with Crippen molar-refractivity contribution in [3.63, 3.8) is 0 Å². The molecule has 1 aliphatic rings. The van der Waals surface area contributed by atoms with E-state index in [-0.39, 0.29) is 29.9 Å². The average Bonchev–Trinajstić information content (AvgIpc) is 3.02. The summed E-state index contributed by atoms with van der Waals surface area (Å²) in [4.78, 5) is 16.2. The van der Waals surface area contributed by atoms with E-state index in [4.69, 9.17) is 11.6 Å². The van der Waals surface area contributed by atoms with E-state index >= 15 is 0 Å². The fraction of sp³-hybridized carbons (Fsp3) is 0.529. The lowest BCUT2D eigenvalue weighted by Crippen LogP contribution is -2.43. The molecule has 0 heterocycles. The molecule has 7 heteroatoms. The first-order valence-electron chi connectivity index (χ1n) is 8.11. The second-order valence-corrected chi connectivity index (χ2v) is 6.31. The van der Waals surface area contributed by atoms with E-state index in [0.717, 1.165) is 11.5 Å². The number of carbonyl (C=O) groups excluding carboxylic acids is 1. The summed E-state index contributed by atoms with van der Waals surface area (Å²) < 4.78 is 0. The Hall–Kier alpha value is -1.02. The Morgan fingerprint density at radius 1 is 1.33 bits per heavy atom. The van der Waals surface area contributed by atoms with Crippen molar-refractivity contribution in [2.75, 3.05) is 18.9 Å². The number of benzene rings is 1. The Balaban J connectivity index is 0.00000288. The topological polar surface area (TPSA) is 65.5 Å². The molecule has 0 unspecified atom stereocenters. The molecule has 2 rings (SSSR count). The summed E-state index contributed by atoms with van der Waals surface area (Å²) in [5, 5.41) is 9.96. The molecular weight excluding hydrogens is 439 g/mol. The third-order valence-electron chi connectivity index (χ3n) is 3.96. The molecular formula is C17H26ClIN4O. The molecule has 0 atom stereocenters. The highest BCUT2D eigenvalue weighted by atomic mass is 127. The summed E-state index contributed by atoms with van der Waals surface area (Å²) in [6.45, 7) is 2.49. The fourth-order valence-electron chi connectivity index (χ4n) is 2.69. The first-order valence-corrected chi connectivity index (χ1v) is 8.49. The van der Waals surface area contributed by atoms with E-state index in [1.807, 2.05) is 25.1 Å². The molecule has 134 valence electrons. The molecule has 0 spiro atoms. The van der Waals surface area contributed by atoms with Crippen LogP contribution in [0.15, 0.2) is 23.2 Å². The van der Waals surface area contributed by atoms with Gasteiger partial charge in [-0.05, 0) is 37.5 Å². The first kappa shape index (κ1) is 21.0. The SMILES string of the molecule is CN=C(NCCC(=O)Nc1ccc(C)cc1Cl)NC1CCCC1.I. The molecule has 1 aromatic carbocycles. The predicted octanol–water partition coefficient (Wildman–Crippen LogP) is 3.70. The zero-order chi connectivity index (χ0) is 16.7. The molecule has 1 saturated carbocycles. The summed E-state index contributed by atoms with van der Waals surface area (Å²) >= 11 is 6.12. The van der Waals surface area contributed by atoms with E-state index in [0.29, 0.717) is 29.7 Å². The van der Waals surface area contributed by atoms with Crippen molar-refractivity contribution in [2.45, 2.75) is 45.1 Å². The largest absolute Gasteiger partial charge is 0.356 e. The van der Waals surface area contributed by atoms with E-state index < -0.39 is 0 Å². The van der Waals surface area contributed by atoms with Crippen molar-refractivity contribution in [1.82, 2.24) is 10.6 Å². The fourth-order valence-corrected chi connectivity index (χ4v) is 2.97. The van der Waals surface area contributed by atoms with Crippen LogP contribution in [-0.2, 0) is 4.79 Å². The maximum atomic E-state index is 12.0. The van der Waals surface area contributed by atoms with Crippen molar-refractivity contribution in [2.24, 2.45) is 4.99 Å². The van der Waals surface area contributed by atoms with Gasteiger partial charge in [0.1, 0.15) is 0 Å². The predicted molar refractivity (Wildman–Crippen MR) is 112 cm³/mol. The molecule has 1 aromatic rings. The lowest BCUT2D eigenvalue weighted by atomic mass is 10.2. The van der Waals surface area contributed by atoms with Gasteiger partial charge in [-0.2, -0.15) is 0 Å². The van der Waals surface area contributed by atoms with Gasteiger partial charge in [-0.15, -0.1) is 24.0 Å². The number of halogens is 2. The van der Waals surface area contributed by atoms with Crippen LogP contribution in [-0.4, -0.2) is 31.5 Å². The van der Waals surface area contributed by atoms with E-state index in [1.165, 1.54) is 25.7 Å². The summed E-state index contributed by atoms with van der Waals surface area (Å²) in [6.07, 6.45) is 5.28. The van der Waals surface area contributed by atoms with Gasteiger partial charge >= 0.3 is 0 Å². The molecule has 0 aliphatic heterocycles. The Kier molecular flexibility index (Phi) is 9.43. The lowest BCUT2D eigenvalue weighted by molar-refractivity contribution is -0.116. The molecule has 0 radical (unpaired) electrons. The molecule has 3 N–H and O–H groups in total. The third kappa shape index (κ3) is 6.84. The number of carbonyl (C=O) groups is 1. The Morgan fingerprint density at radius 2 is 2.04 bits per heavy atom. The second-order valence-electron chi connectivity index (χ2n) is 5.91. The normalized spacial score (nSPS) is 14.9. The second kappa shape index (κ2) is 10.8. The highest BCUT2D eigenvalue weighted by Gasteiger charge is 2.15. The molecule has 5 nitrogen and oxygen atoms in total. The Bertz CT molecular complexity index is 574. The van der Waals surface area contributed by atoms with Crippen LogP contribution >= 0.6 is 35.6 Å². The van der Waals surface area contributed by atoms with Crippen LogP contribution < -0.4 is 16.0 Å².